The summed E-state index contributed by atoms with van der Waals surface area (Å²) in [6.45, 7) is 2.43. The molecule has 0 spiro atoms. The van der Waals surface area contributed by atoms with Gasteiger partial charge >= 0.3 is 0 Å². The van der Waals surface area contributed by atoms with Crippen molar-refractivity contribution in [2.75, 3.05) is 12.0 Å². The molecule has 168 valence electrons. The first-order valence-electron chi connectivity index (χ1n) is 10.6. The van der Waals surface area contributed by atoms with Crippen molar-refractivity contribution in [2.45, 2.75) is 43.7 Å². The zero-order valence-electron chi connectivity index (χ0n) is 17.7. The number of aromatic nitrogens is 2. The minimum Gasteiger partial charge on any atom is -0.277 e. The maximum absolute atomic E-state index is 13.1. The van der Waals surface area contributed by atoms with Crippen LogP contribution in [0.5, 0.6) is 0 Å². The number of hydrazine groups is 1. The van der Waals surface area contributed by atoms with Crippen LogP contribution in [-0.4, -0.2) is 40.8 Å². The van der Waals surface area contributed by atoms with E-state index in [1.807, 2.05) is 0 Å². The first kappa shape index (κ1) is 22.0. The summed E-state index contributed by atoms with van der Waals surface area (Å²) in [6.07, 6.45) is 1.84. The summed E-state index contributed by atoms with van der Waals surface area (Å²) in [5.41, 5.74) is 5.59. The van der Waals surface area contributed by atoms with Gasteiger partial charge in [-0.3, -0.25) is 25.0 Å². The lowest BCUT2D eigenvalue weighted by Gasteiger charge is -2.33. The first-order valence-corrected chi connectivity index (χ1v) is 12.0. The molecule has 10 heteroatoms. The second kappa shape index (κ2) is 9.09. The Bertz CT molecular complexity index is 1290. The molecule has 2 N–H and O–H groups in total. The number of fused-ring (bicyclic) bond motifs is 1. The van der Waals surface area contributed by atoms with Crippen molar-refractivity contribution in [1.29, 1.82) is 0 Å². The summed E-state index contributed by atoms with van der Waals surface area (Å²) in [7, 11) is -3.81. The van der Waals surface area contributed by atoms with Crippen LogP contribution in [0.1, 0.15) is 26.2 Å². The highest BCUT2D eigenvalue weighted by atomic mass is 32.2. The van der Waals surface area contributed by atoms with Crippen LogP contribution in [0.15, 0.2) is 64.3 Å². The van der Waals surface area contributed by atoms with Gasteiger partial charge in [0, 0.05) is 13.1 Å². The molecule has 0 bridgehead atoms. The van der Waals surface area contributed by atoms with Gasteiger partial charge < -0.3 is 0 Å². The molecule has 1 aliphatic heterocycles. The number of para-hydroxylation sites is 1. The lowest BCUT2D eigenvalue weighted by atomic mass is 10.0. The van der Waals surface area contributed by atoms with E-state index in [-0.39, 0.29) is 22.9 Å². The van der Waals surface area contributed by atoms with Crippen molar-refractivity contribution < 1.29 is 13.2 Å². The number of hydrogen-bond donors (Lipinski definition) is 2. The number of nitrogens with one attached hydrogen (secondary N) is 2. The molecule has 1 aromatic heterocycles. The number of nitrogens with zero attached hydrogens (tertiary/aromatic N) is 3. The Morgan fingerprint density at radius 1 is 1.09 bits per heavy atom. The molecule has 4 rings (SSSR count). The molecule has 9 nitrogen and oxygen atoms in total. The summed E-state index contributed by atoms with van der Waals surface area (Å²) in [6, 6.07) is 14.2. The fourth-order valence-corrected chi connectivity index (χ4v) is 5.62. The van der Waals surface area contributed by atoms with Gasteiger partial charge in [0.2, 0.25) is 16.0 Å². The number of benzene rings is 2. The van der Waals surface area contributed by atoms with Crippen LogP contribution in [0.3, 0.4) is 0 Å². The SMILES string of the molecule is CCn1c(NNC(=O)C2CCCCN2S(=O)(=O)c2ccccc2)nc2ccccc2c1=O. The number of amides is 1. The Morgan fingerprint density at radius 3 is 2.56 bits per heavy atom. The largest absolute Gasteiger partial charge is 0.277 e. The average Bonchev–Trinajstić information content (AvgIpc) is 2.83. The zero-order valence-corrected chi connectivity index (χ0v) is 18.5. The molecule has 1 unspecified atom stereocenters. The molecule has 32 heavy (non-hydrogen) atoms. The highest BCUT2D eigenvalue weighted by molar-refractivity contribution is 7.89. The monoisotopic (exact) mass is 455 g/mol. The molecule has 0 aliphatic carbocycles. The number of rotatable bonds is 6. The highest BCUT2D eigenvalue weighted by Crippen LogP contribution is 2.25. The molecule has 1 atom stereocenters. The normalized spacial score (nSPS) is 17.2. The van der Waals surface area contributed by atoms with Crippen LogP contribution in [0, 0.1) is 0 Å². The number of carbonyl (C=O) groups excluding carboxylic acids is 1. The number of sulfonamides is 1. The van der Waals surface area contributed by atoms with Gasteiger partial charge in [-0.1, -0.05) is 36.8 Å². The lowest BCUT2D eigenvalue weighted by Crippen LogP contribution is -2.53. The fraction of sp³-hybridized carbons (Fsp3) is 0.318. The van der Waals surface area contributed by atoms with E-state index in [2.05, 4.69) is 15.8 Å². The second-order valence-corrected chi connectivity index (χ2v) is 9.45. The van der Waals surface area contributed by atoms with E-state index in [1.165, 1.54) is 21.0 Å². The maximum atomic E-state index is 13.1. The van der Waals surface area contributed by atoms with Crippen LogP contribution in [-0.2, 0) is 21.4 Å². The van der Waals surface area contributed by atoms with Gasteiger partial charge in [0.1, 0.15) is 6.04 Å². The van der Waals surface area contributed by atoms with E-state index in [1.54, 1.807) is 49.4 Å². The van der Waals surface area contributed by atoms with Gasteiger partial charge in [-0.2, -0.15) is 4.31 Å². The fourth-order valence-electron chi connectivity index (χ4n) is 3.94. The standard InChI is InChI=1S/C22H25N5O4S/c1-2-26-21(29)17-12-6-7-13-18(17)23-22(26)25-24-20(28)19-14-8-9-15-27(19)32(30,31)16-10-4-3-5-11-16/h3-7,10-13,19H,2,8-9,14-15H2,1H3,(H,23,25)(H,24,28). The van der Waals surface area contributed by atoms with E-state index in [4.69, 9.17) is 0 Å². The van der Waals surface area contributed by atoms with E-state index in [9.17, 15) is 18.0 Å². The Hall–Kier alpha value is -3.24. The Kier molecular flexibility index (Phi) is 6.24. The van der Waals surface area contributed by atoms with Crippen molar-refractivity contribution in [3.63, 3.8) is 0 Å². The molecule has 0 radical (unpaired) electrons. The third-order valence-corrected chi connectivity index (χ3v) is 7.50. The number of piperidine rings is 1. The minimum atomic E-state index is -3.81. The van der Waals surface area contributed by atoms with Crippen molar-refractivity contribution in [3.05, 3.63) is 65.0 Å². The van der Waals surface area contributed by atoms with E-state index in [0.717, 1.165) is 6.42 Å². The molecule has 1 amide bonds. The highest BCUT2D eigenvalue weighted by Gasteiger charge is 2.37. The lowest BCUT2D eigenvalue weighted by molar-refractivity contribution is -0.125. The average molecular weight is 456 g/mol. The molecule has 1 fully saturated rings. The van der Waals surface area contributed by atoms with E-state index < -0.39 is 22.0 Å². The van der Waals surface area contributed by atoms with E-state index >= 15 is 0 Å². The molecule has 0 saturated carbocycles. The Balaban J connectivity index is 1.58. The van der Waals surface area contributed by atoms with Crippen LogP contribution in [0.2, 0.25) is 0 Å². The summed E-state index contributed by atoms with van der Waals surface area (Å²) in [5.74, 6) is -0.299. The molecule has 2 heterocycles. The Labute approximate surface area is 186 Å². The van der Waals surface area contributed by atoms with E-state index in [0.29, 0.717) is 30.3 Å². The van der Waals surface area contributed by atoms with Crippen molar-refractivity contribution in [1.82, 2.24) is 19.3 Å². The Morgan fingerprint density at radius 2 is 1.81 bits per heavy atom. The van der Waals surface area contributed by atoms with Crippen LogP contribution < -0.4 is 16.4 Å². The predicted molar refractivity (Wildman–Crippen MR) is 121 cm³/mol. The molecule has 2 aromatic carbocycles. The third-order valence-electron chi connectivity index (χ3n) is 5.58. The zero-order chi connectivity index (χ0) is 22.7. The topological polar surface area (TPSA) is 113 Å². The third kappa shape index (κ3) is 4.11. The predicted octanol–water partition coefficient (Wildman–Crippen LogP) is 2.10. The van der Waals surface area contributed by atoms with Gasteiger partial charge in [-0.15, -0.1) is 0 Å². The molecule has 1 aliphatic rings. The number of hydrogen-bond acceptors (Lipinski definition) is 6. The van der Waals surface area contributed by atoms with Crippen LogP contribution in [0.4, 0.5) is 5.95 Å². The van der Waals surface area contributed by atoms with Gasteiger partial charge in [-0.05, 0) is 44.0 Å². The van der Waals surface area contributed by atoms with Crippen molar-refractivity contribution in [3.8, 4) is 0 Å². The smallest absolute Gasteiger partial charge is 0.262 e. The number of carbonyl (C=O) groups is 1. The quantitative estimate of drug-likeness (QED) is 0.551. The molecular formula is C22H25N5O4S. The summed E-state index contributed by atoms with van der Waals surface area (Å²) >= 11 is 0. The summed E-state index contributed by atoms with van der Waals surface area (Å²) < 4.78 is 28.9. The van der Waals surface area contributed by atoms with Crippen LogP contribution >= 0.6 is 0 Å². The molecular weight excluding hydrogens is 430 g/mol. The molecule has 3 aromatic rings. The van der Waals surface area contributed by atoms with Crippen molar-refractivity contribution in [2.24, 2.45) is 0 Å². The van der Waals surface area contributed by atoms with Gasteiger partial charge in [-0.25, -0.2) is 13.4 Å². The first-order chi connectivity index (χ1) is 15.4. The molecule has 1 saturated heterocycles. The van der Waals surface area contributed by atoms with Crippen LogP contribution in [0.25, 0.3) is 10.9 Å². The van der Waals surface area contributed by atoms with Crippen molar-refractivity contribution >= 4 is 32.8 Å². The number of anilines is 1. The van der Waals surface area contributed by atoms with Gasteiger partial charge in [0.25, 0.3) is 11.5 Å². The maximum Gasteiger partial charge on any atom is 0.262 e. The summed E-state index contributed by atoms with van der Waals surface area (Å²) in [4.78, 5) is 30.4. The van der Waals surface area contributed by atoms with Gasteiger partial charge in [0.15, 0.2) is 0 Å². The summed E-state index contributed by atoms with van der Waals surface area (Å²) in [5, 5.41) is 0.485. The minimum absolute atomic E-state index is 0.156. The second-order valence-electron chi connectivity index (χ2n) is 7.56. The van der Waals surface area contributed by atoms with Gasteiger partial charge in [0.05, 0.1) is 15.8 Å².